The van der Waals surface area contributed by atoms with Gasteiger partial charge in [-0.15, -0.1) is 0 Å². The van der Waals surface area contributed by atoms with Gasteiger partial charge in [0.05, 0.1) is 6.04 Å². The zero-order valence-corrected chi connectivity index (χ0v) is 12.4. The van der Waals surface area contributed by atoms with E-state index in [9.17, 15) is 9.59 Å². The first kappa shape index (κ1) is 19.4. The van der Waals surface area contributed by atoms with E-state index >= 15 is 0 Å². The normalized spacial score (nSPS) is 11.5. The van der Waals surface area contributed by atoms with Crippen LogP contribution in [0.15, 0.2) is 0 Å². The summed E-state index contributed by atoms with van der Waals surface area (Å²) in [6, 6.07) is -0.362. The molecule has 0 radical (unpaired) electrons. The summed E-state index contributed by atoms with van der Waals surface area (Å²) in [5.74, 6) is 0.0462. The van der Waals surface area contributed by atoms with Gasteiger partial charge in [0.25, 0.3) is 0 Å². The van der Waals surface area contributed by atoms with Gasteiger partial charge < -0.3 is 16.4 Å². The van der Waals surface area contributed by atoms with Crippen LogP contribution in [-0.2, 0) is 9.59 Å². The number of carbonyl (C=O) groups excluding carboxylic acids is 2. The molecule has 0 spiro atoms. The highest BCUT2D eigenvalue weighted by Gasteiger charge is 2.15. The Morgan fingerprint density at radius 3 is 2.17 bits per heavy atom. The van der Waals surface area contributed by atoms with Crippen molar-refractivity contribution in [2.45, 2.75) is 47.1 Å². The summed E-state index contributed by atoms with van der Waals surface area (Å²) in [5.41, 5.74) is 5.45. The number of likely N-dealkylation sites (N-methyl/N-ethyl adjacent to an activating group) is 1. The van der Waals surface area contributed by atoms with Crippen LogP contribution in [0.25, 0.3) is 0 Å². The molecule has 4 N–H and O–H groups in total. The van der Waals surface area contributed by atoms with Gasteiger partial charge in [-0.1, -0.05) is 34.6 Å². The van der Waals surface area contributed by atoms with Crippen molar-refractivity contribution in [1.82, 2.24) is 10.6 Å². The van der Waals surface area contributed by atoms with Crippen molar-refractivity contribution in [3.8, 4) is 0 Å². The third-order valence-electron chi connectivity index (χ3n) is 2.32. The molecule has 0 saturated heterocycles. The maximum absolute atomic E-state index is 11.6. The lowest BCUT2D eigenvalue weighted by Gasteiger charge is -2.15. The van der Waals surface area contributed by atoms with Crippen LogP contribution in [-0.4, -0.2) is 37.4 Å². The van der Waals surface area contributed by atoms with Crippen molar-refractivity contribution in [2.75, 3.05) is 19.6 Å². The van der Waals surface area contributed by atoms with Crippen LogP contribution in [0.3, 0.4) is 0 Å². The van der Waals surface area contributed by atoms with Gasteiger partial charge in [-0.05, 0) is 6.54 Å². The number of amides is 1. The maximum Gasteiger partial charge on any atom is 0.238 e. The van der Waals surface area contributed by atoms with Crippen molar-refractivity contribution >= 4 is 11.7 Å². The van der Waals surface area contributed by atoms with Crippen LogP contribution in [0, 0.1) is 5.92 Å². The Kier molecular flexibility index (Phi) is 13.5. The van der Waals surface area contributed by atoms with E-state index in [0.29, 0.717) is 19.5 Å². The molecule has 1 unspecified atom stereocenters. The minimum atomic E-state index is -0.362. The Bertz CT molecular complexity index is 230. The molecule has 0 aliphatic rings. The molecule has 0 bridgehead atoms. The first-order valence-electron chi connectivity index (χ1n) is 6.76. The molecular formula is C13H29N3O2. The molecular weight excluding hydrogens is 230 g/mol. The fourth-order valence-electron chi connectivity index (χ4n) is 1.25. The Morgan fingerprint density at radius 1 is 1.22 bits per heavy atom. The third kappa shape index (κ3) is 9.13. The van der Waals surface area contributed by atoms with Crippen LogP contribution in [0.1, 0.15) is 41.0 Å². The second kappa shape index (κ2) is 12.5. The van der Waals surface area contributed by atoms with Crippen LogP contribution in [0.4, 0.5) is 0 Å². The molecule has 0 aromatic rings. The molecule has 0 saturated carbocycles. The predicted octanol–water partition coefficient (Wildman–Crippen LogP) is 0.681. The highest BCUT2D eigenvalue weighted by Crippen LogP contribution is 1.97. The molecule has 0 fully saturated rings. The smallest absolute Gasteiger partial charge is 0.238 e. The first-order valence-corrected chi connectivity index (χ1v) is 6.76. The van der Waals surface area contributed by atoms with Gasteiger partial charge in [0, 0.05) is 25.4 Å². The molecule has 0 aliphatic carbocycles. The monoisotopic (exact) mass is 259 g/mol. The zero-order valence-electron chi connectivity index (χ0n) is 12.4. The Hall–Kier alpha value is -0.940. The molecule has 18 heavy (non-hydrogen) atoms. The molecule has 0 heterocycles. The summed E-state index contributed by atoms with van der Waals surface area (Å²) in [7, 11) is 0. The van der Waals surface area contributed by atoms with Crippen molar-refractivity contribution in [3.05, 3.63) is 0 Å². The molecule has 0 aliphatic heterocycles. The Balaban J connectivity index is 0. The topological polar surface area (TPSA) is 84.2 Å². The van der Waals surface area contributed by atoms with E-state index < -0.39 is 0 Å². The highest BCUT2D eigenvalue weighted by atomic mass is 16.2. The summed E-state index contributed by atoms with van der Waals surface area (Å²) in [5, 5.41) is 5.67. The molecule has 5 heteroatoms. The van der Waals surface area contributed by atoms with Crippen LogP contribution in [0.2, 0.25) is 0 Å². The zero-order chi connectivity index (χ0) is 14.6. The van der Waals surface area contributed by atoms with Crippen molar-refractivity contribution in [3.63, 3.8) is 0 Å². The molecule has 1 atom stereocenters. The number of hydrogen-bond acceptors (Lipinski definition) is 4. The van der Waals surface area contributed by atoms with Crippen molar-refractivity contribution < 1.29 is 9.59 Å². The number of nitrogens with one attached hydrogen (secondary N) is 2. The molecule has 0 aromatic heterocycles. The van der Waals surface area contributed by atoms with Crippen LogP contribution >= 0.6 is 0 Å². The van der Waals surface area contributed by atoms with Gasteiger partial charge >= 0.3 is 0 Å². The SMILES string of the molecule is CC.CCNC(CN)C(=O)NCCC(=O)C(C)C. The third-order valence-corrected chi connectivity index (χ3v) is 2.32. The number of ketones is 1. The lowest BCUT2D eigenvalue weighted by Crippen LogP contribution is -2.49. The van der Waals surface area contributed by atoms with E-state index in [1.807, 2.05) is 34.6 Å². The van der Waals surface area contributed by atoms with Gasteiger partial charge in [0.2, 0.25) is 5.91 Å². The molecule has 108 valence electrons. The maximum atomic E-state index is 11.6. The van der Waals surface area contributed by atoms with Gasteiger partial charge in [-0.2, -0.15) is 0 Å². The van der Waals surface area contributed by atoms with E-state index in [1.165, 1.54) is 0 Å². The average molecular weight is 259 g/mol. The predicted molar refractivity (Wildman–Crippen MR) is 75.3 cm³/mol. The number of nitrogens with two attached hydrogens (primary N) is 1. The Morgan fingerprint density at radius 2 is 1.78 bits per heavy atom. The molecule has 0 aromatic carbocycles. The Labute approximate surface area is 111 Å². The summed E-state index contributed by atoms with van der Waals surface area (Å²) in [6.45, 7) is 11.0. The fraction of sp³-hybridized carbons (Fsp3) is 0.846. The standard InChI is InChI=1S/C11H23N3O2.C2H6/c1-4-13-9(7-12)11(16)14-6-5-10(15)8(2)3;1-2/h8-9,13H,4-7,12H2,1-3H3,(H,14,16);1-2H3. The summed E-state index contributed by atoms with van der Waals surface area (Å²) >= 11 is 0. The van der Waals surface area contributed by atoms with E-state index in [-0.39, 0.29) is 30.2 Å². The van der Waals surface area contributed by atoms with Crippen LogP contribution < -0.4 is 16.4 Å². The quantitative estimate of drug-likeness (QED) is 0.598. The molecule has 5 nitrogen and oxygen atoms in total. The highest BCUT2D eigenvalue weighted by molar-refractivity contribution is 5.84. The van der Waals surface area contributed by atoms with Gasteiger partial charge in [-0.3, -0.25) is 9.59 Å². The second-order valence-electron chi connectivity index (χ2n) is 4.01. The molecule has 1 amide bonds. The lowest BCUT2D eigenvalue weighted by atomic mass is 10.1. The lowest BCUT2D eigenvalue weighted by molar-refractivity contribution is -0.123. The van der Waals surface area contributed by atoms with Crippen molar-refractivity contribution in [2.24, 2.45) is 11.7 Å². The van der Waals surface area contributed by atoms with Gasteiger partial charge in [0.15, 0.2) is 0 Å². The van der Waals surface area contributed by atoms with E-state index in [2.05, 4.69) is 10.6 Å². The molecule has 0 rings (SSSR count). The van der Waals surface area contributed by atoms with Gasteiger partial charge in [-0.25, -0.2) is 0 Å². The fourth-order valence-corrected chi connectivity index (χ4v) is 1.25. The summed E-state index contributed by atoms with van der Waals surface area (Å²) < 4.78 is 0. The minimum Gasteiger partial charge on any atom is -0.354 e. The minimum absolute atomic E-state index is 0.0241. The number of hydrogen-bond donors (Lipinski definition) is 3. The summed E-state index contributed by atoms with van der Waals surface area (Å²) in [6.07, 6.45) is 0.382. The van der Waals surface area contributed by atoms with E-state index in [4.69, 9.17) is 5.73 Å². The number of rotatable bonds is 8. The largest absolute Gasteiger partial charge is 0.354 e. The van der Waals surface area contributed by atoms with E-state index in [1.54, 1.807) is 0 Å². The summed E-state index contributed by atoms with van der Waals surface area (Å²) in [4.78, 5) is 22.8. The second-order valence-corrected chi connectivity index (χ2v) is 4.01. The number of carbonyl (C=O) groups is 2. The first-order chi connectivity index (χ1) is 8.52. The van der Waals surface area contributed by atoms with E-state index in [0.717, 1.165) is 0 Å². The van der Waals surface area contributed by atoms with Crippen LogP contribution in [0.5, 0.6) is 0 Å². The van der Waals surface area contributed by atoms with Crippen molar-refractivity contribution in [1.29, 1.82) is 0 Å². The number of Topliss-reactive ketones (excluding diaryl/α,β-unsaturated/α-hetero) is 1. The average Bonchev–Trinajstić information content (AvgIpc) is 2.37. The van der Waals surface area contributed by atoms with Gasteiger partial charge in [0.1, 0.15) is 5.78 Å².